The quantitative estimate of drug-likeness (QED) is 0.485. The fraction of sp³-hybridized carbons (Fsp3) is 1.00. The highest BCUT2D eigenvalue weighted by atomic mass is 32.2. The molecule has 0 aromatic rings. The number of hydrogen-bond donors (Lipinski definition) is 0. The Morgan fingerprint density at radius 3 is 2.38 bits per heavy atom. The Labute approximate surface area is 56.0 Å². The zero-order chi connectivity index (χ0) is 5.98. The summed E-state index contributed by atoms with van der Waals surface area (Å²) in [5, 5.41) is 0.936. The molecule has 48 valence electrons. The first-order chi connectivity index (χ1) is 3.79. The molecule has 1 rings (SSSR count). The Bertz CT molecular complexity index is 52.8. The molecule has 1 heterocycles. The van der Waals surface area contributed by atoms with Gasteiger partial charge in [-0.1, -0.05) is 13.8 Å². The Hall–Kier alpha value is 0.350. The van der Waals surface area contributed by atoms with Gasteiger partial charge in [0.05, 0.1) is 0 Å². The minimum absolute atomic E-state index is 0.936. The highest BCUT2D eigenvalue weighted by Gasteiger charge is 2.13. The van der Waals surface area contributed by atoms with E-state index in [-0.39, 0.29) is 0 Å². The molecule has 0 aromatic heterocycles. The summed E-state index contributed by atoms with van der Waals surface area (Å²) >= 11 is 2.13. The minimum Gasteiger partial charge on any atom is -0.159 e. The third-order valence-corrected chi connectivity index (χ3v) is 3.30. The van der Waals surface area contributed by atoms with Crippen molar-refractivity contribution in [2.75, 3.05) is 5.75 Å². The molecule has 2 atom stereocenters. The van der Waals surface area contributed by atoms with Crippen LogP contribution in [0.5, 0.6) is 0 Å². The fourth-order valence-corrected chi connectivity index (χ4v) is 2.14. The lowest BCUT2D eigenvalue weighted by Gasteiger charge is -2.22. The van der Waals surface area contributed by atoms with E-state index in [2.05, 4.69) is 25.6 Å². The van der Waals surface area contributed by atoms with Gasteiger partial charge in [-0.15, -0.1) is 0 Å². The van der Waals surface area contributed by atoms with Crippen LogP contribution < -0.4 is 0 Å². The summed E-state index contributed by atoms with van der Waals surface area (Å²) in [4.78, 5) is 0. The van der Waals surface area contributed by atoms with E-state index in [0.29, 0.717) is 0 Å². The lowest BCUT2D eigenvalue weighted by atomic mass is 10.1. The van der Waals surface area contributed by atoms with Gasteiger partial charge in [0.2, 0.25) is 0 Å². The van der Waals surface area contributed by atoms with Crippen molar-refractivity contribution in [2.24, 2.45) is 5.92 Å². The Kier molecular flexibility index (Phi) is 2.24. The van der Waals surface area contributed by atoms with Gasteiger partial charge in [0.15, 0.2) is 0 Å². The SMILES string of the molecule is CC1CC[C@H](C)SC1. The van der Waals surface area contributed by atoms with E-state index in [4.69, 9.17) is 0 Å². The second-order valence-corrected chi connectivity index (χ2v) is 4.30. The first kappa shape index (κ1) is 6.47. The van der Waals surface area contributed by atoms with Crippen molar-refractivity contribution in [3.05, 3.63) is 0 Å². The largest absolute Gasteiger partial charge is 0.159 e. The lowest BCUT2D eigenvalue weighted by Crippen LogP contribution is -2.12. The number of hydrogen-bond acceptors (Lipinski definition) is 1. The zero-order valence-corrected chi connectivity index (χ0v) is 6.50. The van der Waals surface area contributed by atoms with Gasteiger partial charge >= 0.3 is 0 Å². The summed E-state index contributed by atoms with van der Waals surface area (Å²) in [6.07, 6.45) is 2.89. The van der Waals surface area contributed by atoms with Crippen molar-refractivity contribution in [1.29, 1.82) is 0 Å². The van der Waals surface area contributed by atoms with E-state index in [1.54, 1.807) is 0 Å². The summed E-state index contributed by atoms with van der Waals surface area (Å²) in [5.74, 6) is 2.37. The number of thioether (sulfide) groups is 1. The van der Waals surface area contributed by atoms with Crippen molar-refractivity contribution in [2.45, 2.75) is 31.9 Å². The third kappa shape index (κ3) is 1.70. The number of rotatable bonds is 0. The van der Waals surface area contributed by atoms with Crippen molar-refractivity contribution < 1.29 is 0 Å². The Morgan fingerprint density at radius 1 is 1.25 bits per heavy atom. The van der Waals surface area contributed by atoms with Crippen LogP contribution in [0.3, 0.4) is 0 Å². The van der Waals surface area contributed by atoms with Crippen molar-refractivity contribution in [3.63, 3.8) is 0 Å². The maximum atomic E-state index is 2.35. The van der Waals surface area contributed by atoms with Crippen LogP contribution in [0.25, 0.3) is 0 Å². The molecule has 1 aliphatic rings. The van der Waals surface area contributed by atoms with Crippen LogP contribution in [-0.4, -0.2) is 11.0 Å². The van der Waals surface area contributed by atoms with Gasteiger partial charge in [0.25, 0.3) is 0 Å². The molecule has 0 aromatic carbocycles. The van der Waals surface area contributed by atoms with Gasteiger partial charge in [-0.05, 0) is 24.5 Å². The van der Waals surface area contributed by atoms with Crippen LogP contribution >= 0.6 is 11.8 Å². The summed E-state index contributed by atoms with van der Waals surface area (Å²) in [7, 11) is 0. The van der Waals surface area contributed by atoms with Gasteiger partial charge in [0.1, 0.15) is 0 Å². The minimum atomic E-state index is 0.936. The molecule has 0 amide bonds. The Morgan fingerprint density at radius 2 is 2.00 bits per heavy atom. The molecule has 0 N–H and O–H groups in total. The monoisotopic (exact) mass is 130 g/mol. The van der Waals surface area contributed by atoms with Gasteiger partial charge in [-0.2, -0.15) is 11.8 Å². The molecule has 1 saturated heterocycles. The van der Waals surface area contributed by atoms with Crippen LogP contribution in [0.15, 0.2) is 0 Å². The highest BCUT2D eigenvalue weighted by Crippen LogP contribution is 2.27. The van der Waals surface area contributed by atoms with Crippen LogP contribution in [0.2, 0.25) is 0 Å². The fourth-order valence-electron chi connectivity index (χ4n) is 1.01. The van der Waals surface area contributed by atoms with Gasteiger partial charge in [0, 0.05) is 5.25 Å². The van der Waals surface area contributed by atoms with E-state index in [1.165, 1.54) is 18.6 Å². The molecular weight excluding hydrogens is 116 g/mol. The molecule has 1 fully saturated rings. The lowest BCUT2D eigenvalue weighted by molar-refractivity contribution is 0.542. The molecule has 0 nitrogen and oxygen atoms in total. The smallest absolute Gasteiger partial charge is 0.00189 e. The van der Waals surface area contributed by atoms with Crippen LogP contribution in [0.1, 0.15) is 26.7 Å². The van der Waals surface area contributed by atoms with E-state index < -0.39 is 0 Å². The standard InChI is InChI=1S/C7H14S/c1-6-3-4-7(2)8-5-6/h6-7H,3-5H2,1-2H3/t6?,7-/m0/s1. The van der Waals surface area contributed by atoms with Crippen LogP contribution in [0, 0.1) is 5.92 Å². The zero-order valence-electron chi connectivity index (χ0n) is 5.68. The molecular formula is C7H14S. The topological polar surface area (TPSA) is 0 Å². The van der Waals surface area contributed by atoms with Crippen LogP contribution in [-0.2, 0) is 0 Å². The van der Waals surface area contributed by atoms with E-state index in [0.717, 1.165) is 11.2 Å². The molecule has 1 unspecified atom stereocenters. The summed E-state index contributed by atoms with van der Waals surface area (Å²) < 4.78 is 0. The van der Waals surface area contributed by atoms with Crippen LogP contribution in [0.4, 0.5) is 0 Å². The Balaban J connectivity index is 2.19. The molecule has 0 spiro atoms. The molecule has 1 aliphatic heterocycles. The molecule has 0 bridgehead atoms. The second kappa shape index (κ2) is 2.77. The average Bonchev–Trinajstić information content (AvgIpc) is 1.77. The summed E-state index contributed by atoms with van der Waals surface area (Å²) in [5.41, 5.74) is 0. The van der Waals surface area contributed by atoms with Gasteiger partial charge in [-0.25, -0.2) is 0 Å². The van der Waals surface area contributed by atoms with E-state index >= 15 is 0 Å². The first-order valence-electron chi connectivity index (χ1n) is 3.40. The molecule has 1 heteroatoms. The molecule has 0 saturated carbocycles. The van der Waals surface area contributed by atoms with Crippen molar-refractivity contribution >= 4 is 11.8 Å². The second-order valence-electron chi connectivity index (χ2n) is 2.83. The van der Waals surface area contributed by atoms with E-state index in [9.17, 15) is 0 Å². The molecule has 0 radical (unpaired) electrons. The van der Waals surface area contributed by atoms with Crippen molar-refractivity contribution in [1.82, 2.24) is 0 Å². The van der Waals surface area contributed by atoms with Gasteiger partial charge in [-0.3, -0.25) is 0 Å². The first-order valence-corrected chi connectivity index (χ1v) is 4.45. The summed E-state index contributed by atoms with van der Waals surface area (Å²) in [6, 6.07) is 0. The third-order valence-electron chi connectivity index (χ3n) is 1.73. The van der Waals surface area contributed by atoms with Gasteiger partial charge < -0.3 is 0 Å². The maximum absolute atomic E-state index is 2.35. The molecule has 0 aliphatic carbocycles. The average molecular weight is 130 g/mol. The highest BCUT2D eigenvalue weighted by molar-refractivity contribution is 7.99. The predicted octanol–water partition coefficient (Wildman–Crippen LogP) is 2.54. The van der Waals surface area contributed by atoms with E-state index in [1.807, 2.05) is 0 Å². The molecule has 8 heavy (non-hydrogen) atoms. The maximum Gasteiger partial charge on any atom is 0.00189 e. The predicted molar refractivity (Wildman–Crippen MR) is 40.3 cm³/mol. The summed E-state index contributed by atoms with van der Waals surface area (Å²) in [6.45, 7) is 4.68. The normalized spacial score (nSPS) is 39.8. The van der Waals surface area contributed by atoms with Crippen molar-refractivity contribution in [3.8, 4) is 0 Å².